The molecule has 3 aromatic carbocycles. The minimum Gasteiger partial charge on any atom is -0.352 e. The minimum absolute atomic E-state index is 0.0133. The van der Waals surface area contributed by atoms with Gasteiger partial charge in [-0.2, -0.15) is 0 Å². The molecule has 2 amide bonds. The van der Waals surface area contributed by atoms with Crippen LogP contribution < -0.4 is 9.62 Å². The van der Waals surface area contributed by atoms with Gasteiger partial charge in [0.15, 0.2) is 0 Å². The second kappa shape index (κ2) is 13.7. The first kappa shape index (κ1) is 30.3. The zero-order valence-corrected chi connectivity index (χ0v) is 24.6. The Morgan fingerprint density at radius 3 is 2.23 bits per heavy atom. The van der Waals surface area contributed by atoms with Crippen LogP contribution in [0, 0.1) is 5.82 Å². The Labute approximate surface area is 238 Å². The van der Waals surface area contributed by atoms with Crippen molar-refractivity contribution < 1.29 is 22.4 Å². The molecule has 0 bridgehead atoms. The topological polar surface area (TPSA) is 86.8 Å². The number of anilines is 1. The lowest BCUT2D eigenvalue weighted by molar-refractivity contribution is -0.140. The van der Waals surface area contributed by atoms with Crippen LogP contribution in [0.15, 0.2) is 83.3 Å². The Morgan fingerprint density at radius 2 is 1.64 bits per heavy atom. The number of hydrogen-bond donors (Lipinski definition) is 1. The third-order valence-electron chi connectivity index (χ3n) is 6.31. The van der Waals surface area contributed by atoms with Gasteiger partial charge in [-0.05, 0) is 54.8 Å². The molecule has 208 valence electrons. The van der Waals surface area contributed by atoms with E-state index in [9.17, 15) is 22.4 Å². The molecule has 0 heterocycles. The fourth-order valence-corrected chi connectivity index (χ4v) is 5.26. The maximum atomic E-state index is 14.0. The number of carbonyl (C=O) groups excluding carboxylic acids is 2. The van der Waals surface area contributed by atoms with Crippen LogP contribution in [0.5, 0.6) is 0 Å². The monoisotopic (exact) mass is 617 g/mol. The zero-order valence-electron chi connectivity index (χ0n) is 22.2. The molecule has 0 aliphatic heterocycles. The van der Waals surface area contributed by atoms with Crippen LogP contribution >= 0.6 is 15.9 Å². The van der Waals surface area contributed by atoms with E-state index >= 15 is 0 Å². The molecule has 10 heteroatoms. The van der Waals surface area contributed by atoms with Crippen LogP contribution in [0.1, 0.15) is 31.4 Å². The van der Waals surface area contributed by atoms with Crippen molar-refractivity contribution >= 4 is 43.5 Å². The van der Waals surface area contributed by atoms with Gasteiger partial charge in [-0.1, -0.05) is 71.4 Å². The summed E-state index contributed by atoms with van der Waals surface area (Å²) in [4.78, 5) is 29.0. The number of benzene rings is 3. The fraction of sp³-hybridized carbons (Fsp3) is 0.310. The van der Waals surface area contributed by atoms with E-state index in [0.717, 1.165) is 16.1 Å². The molecular formula is C29H33BrFN3O4S. The smallest absolute Gasteiger partial charge is 0.244 e. The van der Waals surface area contributed by atoms with Gasteiger partial charge in [-0.25, -0.2) is 12.8 Å². The molecule has 0 aromatic heterocycles. The van der Waals surface area contributed by atoms with E-state index in [1.165, 1.54) is 17.0 Å². The molecule has 39 heavy (non-hydrogen) atoms. The zero-order chi connectivity index (χ0) is 28.6. The molecule has 0 spiro atoms. The summed E-state index contributed by atoms with van der Waals surface area (Å²) in [6.45, 7) is 3.29. The molecule has 1 N–H and O–H groups in total. The number of rotatable bonds is 12. The number of carbonyl (C=O) groups is 2. The average molecular weight is 619 g/mol. The van der Waals surface area contributed by atoms with E-state index in [1.807, 2.05) is 44.2 Å². The van der Waals surface area contributed by atoms with Crippen LogP contribution in [0.25, 0.3) is 0 Å². The standard InChI is InChI=1S/C29H33BrFN3O4S/c1-4-21(2)32-29(36)27(17-22-9-6-5-7-10-22)33(19-23-13-15-25(31)16-14-23)28(35)20-34(39(3,37)38)26-12-8-11-24(30)18-26/h5-16,18,21,27H,4,17,19-20H2,1-3H3,(H,32,36)/t21-,27+/m1/s1. The van der Waals surface area contributed by atoms with Gasteiger partial charge in [0.1, 0.15) is 18.4 Å². The summed E-state index contributed by atoms with van der Waals surface area (Å²) in [6.07, 6.45) is 1.94. The summed E-state index contributed by atoms with van der Waals surface area (Å²) >= 11 is 3.35. The number of nitrogens with zero attached hydrogens (tertiary/aromatic N) is 2. The third kappa shape index (κ3) is 8.90. The molecule has 2 atom stereocenters. The first-order chi connectivity index (χ1) is 18.5. The molecule has 0 aliphatic carbocycles. The van der Waals surface area contributed by atoms with E-state index in [2.05, 4.69) is 21.2 Å². The summed E-state index contributed by atoms with van der Waals surface area (Å²) in [5.74, 6) is -1.34. The highest BCUT2D eigenvalue weighted by Crippen LogP contribution is 2.23. The molecule has 0 unspecified atom stereocenters. The summed E-state index contributed by atoms with van der Waals surface area (Å²) in [7, 11) is -3.85. The summed E-state index contributed by atoms with van der Waals surface area (Å²) in [6, 6.07) is 20.5. The van der Waals surface area contributed by atoms with Crippen LogP contribution in [0.3, 0.4) is 0 Å². The van der Waals surface area contributed by atoms with Gasteiger partial charge < -0.3 is 10.2 Å². The minimum atomic E-state index is -3.85. The maximum Gasteiger partial charge on any atom is 0.244 e. The molecule has 3 aromatic rings. The lowest BCUT2D eigenvalue weighted by Gasteiger charge is -2.34. The van der Waals surface area contributed by atoms with Gasteiger partial charge in [-0.3, -0.25) is 13.9 Å². The van der Waals surface area contributed by atoms with Gasteiger partial charge in [-0.15, -0.1) is 0 Å². The molecule has 7 nitrogen and oxygen atoms in total. The number of hydrogen-bond acceptors (Lipinski definition) is 4. The van der Waals surface area contributed by atoms with E-state index in [-0.39, 0.29) is 24.9 Å². The fourth-order valence-electron chi connectivity index (χ4n) is 4.03. The second-order valence-electron chi connectivity index (χ2n) is 9.42. The van der Waals surface area contributed by atoms with Crippen molar-refractivity contribution in [1.82, 2.24) is 10.2 Å². The van der Waals surface area contributed by atoms with E-state index < -0.39 is 34.3 Å². The normalized spacial score (nSPS) is 12.8. The van der Waals surface area contributed by atoms with Gasteiger partial charge in [0, 0.05) is 23.5 Å². The maximum absolute atomic E-state index is 14.0. The Morgan fingerprint density at radius 1 is 0.974 bits per heavy atom. The van der Waals surface area contributed by atoms with Gasteiger partial charge in [0.25, 0.3) is 0 Å². The van der Waals surface area contributed by atoms with E-state index in [1.54, 1.807) is 36.4 Å². The molecule has 0 fully saturated rings. The Kier molecular flexibility index (Phi) is 10.7. The predicted molar refractivity (Wildman–Crippen MR) is 155 cm³/mol. The first-order valence-electron chi connectivity index (χ1n) is 12.6. The average Bonchev–Trinajstić information content (AvgIpc) is 2.90. The molecule has 0 aliphatic rings. The quantitative estimate of drug-likeness (QED) is 0.313. The molecule has 0 radical (unpaired) electrons. The van der Waals surface area contributed by atoms with Crippen molar-refractivity contribution in [2.24, 2.45) is 0 Å². The van der Waals surface area contributed by atoms with Crippen LogP contribution in [0.2, 0.25) is 0 Å². The highest BCUT2D eigenvalue weighted by Gasteiger charge is 2.33. The van der Waals surface area contributed by atoms with Crippen molar-refractivity contribution in [2.45, 2.75) is 45.3 Å². The van der Waals surface area contributed by atoms with Crippen molar-refractivity contribution in [3.8, 4) is 0 Å². The Hall–Kier alpha value is -3.24. The molecular weight excluding hydrogens is 585 g/mol. The highest BCUT2D eigenvalue weighted by molar-refractivity contribution is 9.10. The van der Waals surface area contributed by atoms with Gasteiger partial charge >= 0.3 is 0 Å². The Balaban J connectivity index is 2.05. The van der Waals surface area contributed by atoms with E-state index in [0.29, 0.717) is 22.1 Å². The van der Waals surface area contributed by atoms with Crippen LogP contribution in [0.4, 0.5) is 10.1 Å². The molecule has 0 saturated carbocycles. The summed E-state index contributed by atoms with van der Waals surface area (Å²) in [5.41, 5.74) is 1.75. The van der Waals surface area contributed by atoms with Gasteiger partial charge in [0.05, 0.1) is 11.9 Å². The first-order valence-corrected chi connectivity index (χ1v) is 15.2. The second-order valence-corrected chi connectivity index (χ2v) is 12.2. The largest absolute Gasteiger partial charge is 0.352 e. The molecule has 3 rings (SSSR count). The van der Waals surface area contributed by atoms with E-state index in [4.69, 9.17) is 0 Å². The van der Waals surface area contributed by atoms with Crippen LogP contribution in [-0.2, 0) is 32.6 Å². The Bertz CT molecular complexity index is 1370. The molecule has 0 saturated heterocycles. The lowest BCUT2D eigenvalue weighted by Crippen LogP contribution is -2.54. The van der Waals surface area contributed by atoms with Gasteiger partial charge in [0.2, 0.25) is 21.8 Å². The third-order valence-corrected chi connectivity index (χ3v) is 7.95. The van der Waals surface area contributed by atoms with Crippen LogP contribution in [-0.4, -0.2) is 50.0 Å². The number of amides is 2. The highest BCUT2D eigenvalue weighted by atomic mass is 79.9. The van der Waals surface area contributed by atoms with Crippen molar-refractivity contribution in [1.29, 1.82) is 0 Å². The summed E-state index contributed by atoms with van der Waals surface area (Å²) < 4.78 is 40.9. The SMILES string of the molecule is CC[C@@H](C)NC(=O)[C@H](Cc1ccccc1)N(Cc1ccc(F)cc1)C(=O)CN(c1cccc(Br)c1)S(C)(=O)=O. The number of sulfonamides is 1. The predicted octanol–water partition coefficient (Wildman–Crippen LogP) is 4.91. The summed E-state index contributed by atoms with van der Waals surface area (Å²) in [5, 5.41) is 2.97. The van der Waals surface area contributed by atoms with Crippen molar-refractivity contribution in [3.63, 3.8) is 0 Å². The van der Waals surface area contributed by atoms with Crippen molar-refractivity contribution in [3.05, 3.63) is 100 Å². The van der Waals surface area contributed by atoms with Crippen molar-refractivity contribution in [2.75, 3.05) is 17.1 Å². The lowest BCUT2D eigenvalue weighted by atomic mass is 10.0. The number of nitrogens with one attached hydrogen (secondary N) is 1. The number of halogens is 2.